The lowest BCUT2D eigenvalue weighted by Gasteiger charge is -2.28. The smallest absolute Gasteiger partial charge is 0.140 e. The van der Waals surface area contributed by atoms with Crippen molar-refractivity contribution in [2.24, 2.45) is 0 Å². The minimum absolute atomic E-state index is 0.0733. The number of likely N-dealkylation sites (N-methyl/N-ethyl adjacent to an activating group) is 1. The van der Waals surface area contributed by atoms with E-state index >= 15 is 0 Å². The summed E-state index contributed by atoms with van der Waals surface area (Å²) in [7, 11) is 3.71. The van der Waals surface area contributed by atoms with Crippen LogP contribution in [0, 0.1) is 11.3 Å². The number of nitrogens with zero attached hydrogens (tertiary/aromatic N) is 3. The average Bonchev–Trinajstić information content (AvgIpc) is 2.65. The number of fused-ring (bicyclic) bond motifs is 1. The van der Waals surface area contributed by atoms with Crippen LogP contribution in [0.25, 0.3) is 11.1 Å². The van der Waals surface area contributed by atoms with E-state index in [1.807, 2.05) is 24.3 Å². The number of carbonyl (C=O) groups excluding carboxylic acids is 1. The Morgan fingerprint density at radius 2 is 2.12 bits per heavy atom. The number of hydrogen-bond donors (Lipinski definition) is 0. The second-order valence-electron chi connectivity index (χ2n) is 6.41. The number of aromatic nitrogens is 1. The average molecular weight is 367 g/mol. The maximum Gasteiger partial charge on any atom is 0.140 e. The molecule has 0 saturated carbocycles. The van der Waals surface area contributed by atoms with Crippen molar-refractivity contribution in [2.75, 3.05) is 26.5 Å². The third-order valence-electron chi connectivity index (χ3n) is 4.41. The molecule has 1 aromatic carbocycles. The van der Waals surface area contributed by atoms with E-state index < -0.39 is 0 Å². The highest BCUT2D eigenvalue weighted by Gasteiger charge is 2.25. The molecule has 1 aliphatic heterocycles. The summed E-state index contributed by atoms with van der Waals surface area (Å²) in [5.74, 6) is 1.17. The number of ketones is 1. The maximum absolute atomic E-state index is 11.4. The van der Waals surface area contributed by atoms with Crippen LogP contribution in [-0.4, -0.2) is 42.1 Å². The van der Waals surface area contributed by atoms with Crippen LogP contribution in [0.1, 0.15) is 23.7 Å². The summed E-state index contributed by atoms with van der Waals surface area (Å²) in [6, 6.07) is 10.1. The molecule has 0 unspecified atom stereocenters. The minimum Gasteiger partial charge on any atom is -0.497 e. The molecule has 1 aromatic heterocycles. The fourth-order valence-corrected chi connectivity index (χ4v) is 3.93. The van der Waals surface area contributed by atoms with Crippen LogP contribution in [0.15, 0.2) is 29.3 Å². The van der Waals surface area contributed by atoms with Gasteiger partial charge in [-0.2, -0.15) is 5.26 Å². The maximum atomic E-state index is 11.4. The fraction of sp³-hybridized carbons (Fsp3) is 0.350. The Labute approximate surface area is 158 Å². The highest BCUT2D eigenvalue weighted by molar-refractivity contribution is 8.00. The van der Waals surface area contributed by atoms with E-state index in [2.05, 4.69) is 18.0 Å². The second-order valence-corrected chi connectivity index (χ2v) is 7.38. The van der Waals surface area contributed by atoms with Gasteiger partial charge in [0, 0.05) is 30.8 Å². The van der Waals surface area contributed by atoms with Crippen LogP contribution in [-0.2, 0) is 17.8 Å². The number of pyridine rings is 1. The van der Waals surface area contributed by atoms with Crippen LogP contribution in [0.4, 0.5) is 0 Å². The van der Waals surface area contributed by atoms with Gasteiger partial charge in [-0.1, -0.05) is 23.9 Å². The van der Waals surface area contributed by atoms with E-state index in [1.54, 1.807) is 14.0 Å². The lowest BCUT2D eigenvalue weighted by Crippen LogP contribution is -2.28. The van der Waals surface area contributed by atoms with Crippen molar-refractivity contribution in [3.8, 4) is 22.9 Å². The summed E-state index contributed by atoms with van der Waals surface area (Å²) in [6.45, 7) is 3.25. The van der Waals surface area contributed by atoms with Crippen molar-refractivity contribution in [3.63, 3.8) is 0 Å². The summed E-state index contributed by atoms with van der Waals surface area (Å²) in [5, 5.41) is 10.5. The summed E-state index contributed by atoms with van der Waals surface area (Å²) in [5.41, 5.74) is 4.58. The lowest BCUT2D eigenvalue weighted by molar-refractivity contribution is -0.114. The molecule has 0 N–H and O–H groups in total. The molecule has 0 amide bonds. The first-order valence-corrected chi connectivity index (χ1v) is 9.43. The first-order chi connectivity index (χ1) is 12.5. The molecule has 0 fully saturated rings. The molecule has 0 spiro atoms. The van der Waals surface area contributed by atoms with Crippen LogP contribution < -0.4 is 4.74 Å². The highest BCUT2D eigenvalue weighted by Crippen LogP contribution is 2.37. The third kappa shape index (κ3) is 3.74. The zero-order valence-corrected chi connectivity index (χ0v) is 16.0. The largest absolute Gasteiger partial charge is 0.497 e. The second kappa shape index (κ2) is 7.90. The number of rotatable bonds is 5. The van der Waals surface area contributed by atoms with Crippen molar-refractivity contribution in [3.05, 3.63) is 41.1 Å². The molecular weight excluding hydrogens is 346 g/mol. The number of carbonyl (C=O) groups is 1. The highest BCUT2D eigenvalue weighted by atomic mass is 32.2. The fourth-order valence-electron chi connectivity index (χ4n) is 3.13. The van der Waals surface area contributed by atoms with Crippen LogP contribution >= 0.6 is 11.8 Å². The van der Waals surface area contributed by atoms with Gasteiger partial charge in [-0.15, -0.1) is 0 Å². The number of methoxy groups -OCH3 is 1. The molecular formula is C20H21N3O2S. The van der Waals surface area contributed by atoms with Gasteiger partial charge in [-0.25, -0.2) is 4.98 Å². The Hall–Kier alpha value is -2.36. The van der Waals surface area contributed by atoms with Crippen molar-refractivity contribution in [2.45, 2.75) is 24.9 Å². The number of benzene rings is 1. The standard InChI is InChI=1S/C20H21N3O2S/c1-13(24)12-26-20-16(10-21)19(14-4-6-15(25-3)7-5-14)17-11-23(2)9-8-18(17)22-20/h4-7H,8-9,11-12H2,1-3H3. The van der Waals surface area contributed by atoms with E-state index in [9.17, 15) is 10.1 Å². The Morgan fingerprint density at radius 1 is 1.38 bits per heavy atom. The van der Waals surface area contributed by atoms with Gasteiger partial charge in [-0.3, -0.25) is 4.79 Å². The molecule has 0 saturated heterocycles. The van der Waals surface area contributed by atoms with E-state index in [0.29, 0.717) is 16.3 Å². The van der Waals surface area contributed by atoms with Crippen molar-refractivity contribution < 1.29 is 9.53 Å². The van der Waals surface area contributed by atoms with Gasteiger partial charge in [0.15, 0.2) is 0 Å². The molecule has 0 bridgehead atoms. The molecule has 2 aromatic rings. The number of nitriles is 1. The zero-order chi connectivity index (χ0) is 18.7. The van der Waals surface area contributed by atoms with Gasteiger partial charge in [0.05, 0.1) is 18.4 Å². The Kier molecular flexibility index (Phi) is 5.60. The van der Waals surface area contributed by atoms with Crippen LogP contribution in [0.2, 0.25) is 0 Å². The van der Waals surface area contributed by atoms with Crippen LogP contribution in [0.5, 0.6) is 5.75 Å². The quantitative estimate of drug-likeness (QED) is 0.756. The van der Waals surface area contributed by atoms with E-state index in [-0.39, 0.29) is 5.78 Å². The van der Waals surface area contributed by atoms with Crippen molar-refractivity contribution >= 4 is 17.5 Å². The van der Waals surface area contributed by atoms with Gasteiger partial charge in [0.1, 0.15) is 22.6 Å². The number of ether oxygens (including phenoxy) is 1. The van der Waals surface area contributed by atoms with Gasteiger partial charge in [-0.05, 0) is 37.2 Å². The van der Waals surface area contributed by atoms with Gasteiger partial charge < -0.3 is 9.64 Å². The molecule has 3 rings (SSSR count). The SMILES string of the molecule is COc1ccc(-c2c(C#N)c(SCC(C)=O)nc3c2CN(C)CC3)cc1. The number of thioether (sulfide) groups is 1. The Morgan fingerprint density at radius 3 is 2.73 bits per heavy atom. The monoisotopic (exact) mass is 367 g/mol. The summed E-state index contributed by atoms with van der Waals surface area (Å²) < 4.78 is 5.25. The van der Waals surface area contributed by atoms with Crippen molar-refractivity contribution in [1.29, 1.82) is 5.26 Å². The molecule has 0 atom stereocenters. The predicted octanol–water partition coefficient (Wildman–Crippen LogP) is 3.30. The minimum atomic E-state index is 0.0733. The molecule has 2 heterocycles. The molecule has 6 heteroatoms. The van der Waals surface area contributed by atoms with Gasteiger partial charge in [0.25, 0.3) is 0 Å². The van der Waals surface area contributed by atoms with E-state index in [1.165, 1.54) is 11.8 Å². The van der Waals surface area contributed by atoms with Crippen LogP contribution in [0.3, 0.4) is 0 Å². The molecule has 134 valence electrons. The van der Waals surface area contributed by atoms with Crippen molar-refractivity contribution in [1.82, 2.24) is 9.88 Å². The molecule has 1 aliphatic rings. The summed E-state index contributed by atoms with van der Waals surface area (Å²) >= 11 is 1.35. The number of Topliss-reactive ketones (excluding diaryl/α,β-unsaturated/α-hetero) is 1. The molecule has 26 heavy (non-hydrogen) atoms. The summed E-state index contributed by atoms with van der Waals surface area (Å²) in [6.07, 6.45) is 0.842. The Bertz CT molecular complexity index is 872. The normalized spacial score (nSPS) is 13.8. The topological polar surface area (TPSA) is 66.2 Å². The van der Waals surface area contributed by atoms with E-state index in [4.69, 9.17) is 9.72 Å². The van der Waals surface area contributed by atoms with E-state index in [0.717, 1.165) is 47.6 Å². The first-order valence-electron chi connectivity index (χ1n) is 8.44. The zero-order valence-electron chi connectivity index (χ0n) is 15.2. The lowest BCUT2D eigenvalue weighted by atomic mass is 9.92. The molecule has 5 nitrogen and oxygen atoms in total. The molecule has 0 aliphatic carbocycles. The first kappa shape index (κ1) is 18.4. The number of hydrogen-bond acceptors (Lipinski definition) is 6. The Balaban J connectivity index is 2.19. The predicted molar refractivity (Wildman–Crippen MR) is 102 cm³/mol. The van der Waals surface area contributed by atoms with Gasteiger partial charge in [0.2, 0.25) is 0 Å². The molecule has 0 radical (unpaired) electrons. The summed E-state index contributed by atoms with van der Waals surface area (Å²) in [4.78, 5) is 18.4. The third-order valence-corrected chi connectivity index (χ3v) is 5.53. The van der Waals surface area contributed by atoms with Gasteiger partial charge >= 0.3 is 0 Å².